The number of carbonyl (C=O) groups excluding carboxylic acids is 1. The van der Waals surface area contributed by atoms with Crippen molar-refractivity contribution in [1.29, 1.82) is 0 Å². The Balaban J connectivity index is 1.85. The van der Waals surface area contributed by atoms with E-state index >= 15 is 0 Å². The lowest BCUT2D eigenvalue weighted by Crippen LogP contribution is -2.23. The lowest BCUT2D eigenvalue weighted by Gasteiger charge is -2.07. The summed E-state index contributed by atoms with van der Waals surface area (Å²) in [5, 5.41) is 7.18. The fraction of sp³-hybridized carbons (Fsp3) is 0.188. The molecule has 1 N–H and O–H groups in total. The number of hydrogen-bond acceptors (Lipinski definition) is 4. The zero-order valence-electron chi connectivity index (χ0n) is 12.4. The maximum absolute atomic E-state index is 12.3. The first kappa shape index (κ1) is 14.1. The molecule has 0 aliphatic heterocycles. The Labute approximate surface area is 127 Å². The van der Waals surface area contributed by atoms with Crippen molar-refractivity contribution in [2.75, 3.05) is 7.11 Å². The molecule has 0 atom stereocenters. The van der Waals surface area contributed by atoms with Crippen molar-refractivity contribution >= 4 is 11.6 Å². The van der Waals surface area contributed by atoms with E-state index in [2.05, 4.69) is 15.4 Å². The first-order valence-electron chi connectivity index (χ1n) is 6.90. The Morgan fingerprint density at radius 1 is 1.32 bits per heavy atom. The normalized spacial score (nSPS) is 10.6. The second-order valence-electron chi connectivity index (χ2n) is 4.87. The highest BCUT2D eigenvalue weighted by molar-refractivity contribution is 5.95. The van der Waals surface area contributed by atoms with Gasteiger partial charge in [-0.25, -0.2) is 9.50 Å². The van der Waals surface area contributed by atoms with Crippen LogP contribution in [0, 0.1) is 6.92 Å². The van der Waals surface area contributed by atoms with Crippen molar-refractivity contribution in [2.45, 2.75) is 13.5 Å². The van der Waals surface area contributed by atoms with Crippen molar-refractivity contribution in [1.82, 2.24) is 19.9 Å². The molecule has 0 fully saturated rings. The van der Waals surface area contributed by atoms with Gasteiger partial charge in [-0.15, -0.1) is 5.10 Å². The lowest BCUT2D eigenvalue weighted by molar-refractivity contribution is 0.0950. The molecule has 2 heterocycles. The van der Waals surface area contributed by atoms with Gasteiger partial charge in [-0.2, -0.15) is 0 Å². The summed E-state index contributed by atoms with van der Waals surface area (Å²) in [5.41, 5.74) is 3.02. The smallest absolute Gasteiger partial charge is 0.251 e. The number of rotatable bonds is 4. The highest BCUT2D eigenvalue weighted by Gasteiger charge is 2.16. The summed E-state index contributed by atoms with van der Waals surface area (Å²) in [5.74, 6) is 0.333. The van der Waals surface area contributed by atoms with Crippen molar-refractivity contribution in [3.8, 4) is 5.88 Å². The van der Waals surface area contributed by atoms with Crippen LogP contribution >= 0.6 is 0 Å². The average molecular weight is 296 g/mol. The number of hydrogen-bond donors (Lipinski definition) is 1. The number of benzene rings is 1. The van der Waals surface area contributed by atoms with Gasteiger partial charge in [-0.1, -0.05) is 18.2 Å². The van der Waals surface area contributed by atoms with Gasteiger partial charge in [-0.3, -0.25) is 4.79 Å². The zero-order chi connectivity index (χ0) is 15.5. The van der Waals surface area contributed by atoms with Gasteiger partial charge in [0.15, 0.2) is 5.65 Å². The molecule has 6 nitrogen and oxygen atoms in total. The maximum atomic E-state index is 12.3. The summed E-state index contributed by atoms with van der Waals surface area (Å²) in [6.45, 7) is 2.21. The van der Waals surface area contributed by atoms with Crippen LogP contribution in [0.3, 0.4) is 0 Å². The molecule has 6 heteroatoms. The third kappa shape index (κ3) is 2.50. The number of fused-ring (bicyclic) bond motifs is 1. The molecule has 3 aromatic rings. The summed E-state index contributed by atoms with van der Waals surface area (Å²) < 4.78 is 6.90. The van der Waals surface area contributed by atoms with Crippen LogP contribution in [0.2, 0.25) is 0 Å². The quantitative estimate of drug-likeness (QED) is 0.799. The largest absolute Gasteiger partial charge is 0.480 e. The van der Waals surface area contributed by atoms with E-state index in [4.69, 9.17) is 4.74 Å². The third-order valence-electron chi connectivity index (χ3n) is 3.46. The standard InChI is InChI=1S/C16H16N4O2/c1-11-6-3-4-7-12(11)15(21)18-10-13-14-17-8-5-9-20(14)19-16(13)22-2/h3-9H,10H2,1-2H3,(H,18,21). The number of nitrogens with one attached hydrogen (secondary N) is 1. The highest BCUT2D eigenvalue weighted by atomic mass is 16.5. The molecule has 2 aromatic heterocycles. The molecule has 0 radical (unpaired) electrons. The van der Waals surface area contributed by atoms with E-state index in [-0.39, 0.29) is 5.91 Å². The number of aryl methyl sites for hydroxylation is 1. The second kappa shape index (κ2) is 5.85. The van der Waals surface area contributed by atoms with Crippen LogP contribution in [-0.2, 0) is 6.54 Å². The molecule has 3 rings (SSSR count). The van der Waals surface area contributed by atoms with Crippen LogP contribution in [-0.4, -0.2) is 27.6 Å². The molecule has 22 heavy (non-hydrogen) atoms. The van der Waals surface area contributed by atoms with E-state index in [9.17, 15) is 4.79 Å². The average Bonchev–Trinajstić information content (AvgIpc) is 2.91. The van der Waals surface area contributed by atoms with Gasteiger partial charge < -0.3 is 10.1 Å². The van der Waals surface area contributed by atoms with E-state index in [1.165, 1.54) is 0 Å². The summed E-state index contributed by atoms with van der Waals surface area (Å²) in [6.07, 6.45) is 3.47. The van der Waals surface area contributed by atoms with Crippen LogP contribution in [0.1, 0.15) is 21.5 Å². The van der Waals surface area contributed by atoms with E-state index in [0.717, 1.165) is 11.1 Å². The molecule has 0 saturated carbocycles. The number of nitrogens with zero attached hydrogens (tertiary/aromatic N) is 3. The number of aromatic nitrogens is 3. The van der Waals surface area contributed by atoms with Gasteiger partial charge in [0.2, 0.25) is 5.88 Å². The monoisotopic (exact) mass is 296 g/mol. The Morgan fingerprint density at radius 3 is 2.91 bits per heavy atom. The SMILES string of the molecule is COc1nn2cccnc2c1CNC(=O)c1ccccc1C. The summed E-state index contributed by atoms with van der Waals surface area (Å²) in [7, 11) is 1.55. The predicted octanol–water partition coefficient (Wildman–Crippen LogP) is 1.98. The number of amides is 1. The van der Waals surface area contributed by atoms with E-state index in [1.54, 1.807) is 36.2 Å². The Morgan fingerprint density at radius 2 is 2.14 bits per heavy atom. The molecule has 0 aliphatic carbocycles. The predicted molar refractivity (Wildman–Crippen MR) is 81.9 cm³/mol. The van der Waals surface area contributed by atoms with Gasteiger partial charge in [-0.05, 0) is 24.6 Å². The first-order valence-corrected chi connectivity index (χ1v) is 6.90. The van der Waals surface area contributed by atoms with Crippen molar-refractivity contribution in [3.63, 3.8) is 0 Å². The van der Waals surface area contributed by atoms with Crippen molar-refractivity contribution < 1.29 is 9.53 Å². The Bertz CT molecular complexity index is 826. The van der Waals surface area contributed by atoms with Crippen molar-refractivity contribution in [3.05, 3.63) is 59.4 Å². The topological polar surface area (TPSA) is 68.5 Å². The third-order valence-corrected chi connectivity index (χ3v) is 3.46. The molecule has 1 amide bonds. The van der Waals surface area contributed by atoms with Gasteiger partial charge in [0.05, 0.1) is 19.2 Å². The highest BCUT2D eigenvalue weighted by Crippen LogP contribution is 2.20. The van der Waals surface area contributed by atoms with E-state index in [0.29, 0.717) is 23.6 Å². The Kier molecular flexibility index (Phi) is 3.74. The minimum Gasteiger partial charge on any atom is -0.480 e. The van der Waals surface area contributed by atoms with Crippen LogP contribution < -0.4 is 10.1 Å². The molecule has 112 valence electrons. The minimum absolute atomic E-state index is 0.129. The zero-order valence-corrected chi connectivity index (χ0v) is 12.4. The van der Waals surface area contributed by atoms with E-state index < -0.39 is 0 Å². The summed E-state index contributed by atoms with van der Waals surface area (Å²) >= 11 is 0. The van der Waals surface area contributed by atoms with E-state index in [1.807, 2.05) is 25.1 Å². The van der Waals surface area contributed by atoms with Crippen LogP contribution in [0.25, 0.3) is 5.65 Å². The lowest BCUT2D eigenvalue weighted by atomic mass is 10.1. The number of carbonyl (C=O) groups is 1. The molecule has 0 saturated heterocycles. The number of methoxy groups -OCH3 is 1. The molecule has 1 aromatic carbocycles. The van der Waals surface area contributed by atoms with Crippen LogP contribution in [0.5, 0.6) is 5.88 Å². The molecule has 0 unspecified atom stereocenters. The molecule has 0 spiro atoms. The molecular weight excluding hydrogens is 280 g/mol. The van der Waals surface area contributed by atoms with Gasteiger partial charge in [0.25, 0.3) is 5.91 Å². The first-order chi connectivity index (χ1) is 10.7. The van der Waals surface area contributed by atoms with Gasteiger partial charge in [0.1, 0.15) is 0 Å². The minimum atomic E-state index is -0.129. The fourth-order valence-electron chi connectivity index (χ4n) is 2.32. The molecule has 0 aliphatic rings. The van der Waals surface area contributed by atoms with Gasteiger partial charge in [0, 0.05) is 18.0 Å². The van der Waals surface area contributed by atoms with Crippen LogP contribution in [0.15, 0.2) is 42.7 Å². The Hall–Kier alpha value is -2.89. The summed E-state index contributed by atoms with van der Waals surface area (Å²) in [4.78, 5) is 16.6. The second-order valence-corrected chi connectivity index (χ2v) is 4.87. The van der Waals surface area contributed by atoms with Crippen molar-refractivity contribution in [2.24, 2.45) is 0 Å². The maximum Gasteiger partial charge on any atom is 0.251 e. The fourth-order valence-corrected chi connectivity index (χ4v) is 2.32. The van der Waals surface area contributed by atoms with Gasteiger partial charge >= 0.3 is 0 Å². The molecule has 0 bridgehead atoms. The summed E-state index contributed by atoms with van der Waals surface area (Å²) in [6, 6.07) is 9.25. The molecular formula is C16H16N4O2. The number of ether oxygens (including phenoxy) is 1. The van der Waals surface area contributed by atoms with Crippen LogP contribution in [0.4, 0.5) is 0 Å².